The lowest BCUT2D eigenvalue weighted by molar-refractivity contribution is -0.122. The molecule has 7 heteroatoms. The van der Waals surface area contributed by atoms with Gasteiger partial charge in [-0.3, -0.25) is 9.20 Å². The first kappa shape index (κ1) is 15.0. The number of rotatable bonds is 4. The molecule has 2 aromatic heterocycles. The van der Waals surface area contributed by atoms with Gasteiger partial charge in [0.25, 0.3) is 0 Å². The summed E-state index contributed by atoms with van der Waals surface area (Å²) in [4.78, 5) is 24.3. The highest BCUT2D eigenvalue weighted by atomic mass is 19.1. The molecule has 23 heavy (non-hydrogen) atoms. The van der Waals surface area contributed by atoms with Crippen molar-refractivity contribution in [2.75, 3.05) is 0 Å². The lowest BCUT2D eigenvalue weighted by atomic mass is 10.1. The fourth-order valence-electron chi connectivity index (χ4n) is 2.34. The van der Waals surface area contributed by atoms with Crippen LogP contribution in [-0.4, -0.2) is 20.1 Å². The number of carbonyl (C=O) groups excluding carboxylic acids is 1. The molecule has 0 saturated heterocycles. The Morgan fingerprint density at radius 2 is 2.04 bits per heavy atom. The van der Waals surface area contributed by atoms with E-state index >= 15 is 0 Å². The van der Waals surface area contributed by atoms with Crippen LogP contribution in [0.3, 0.4) is 0 Å². The molecule has 1 atom stereocenters. The van der Waals surface area contributed by atoms with Crippen molar-refractivity contribution in [2.24, 2.45) is 0 Å². The standard InChI is InChI=1S/C16H15FN4O2/c1-11(12-4-6-13(17)7-5-12)19-15(22)10-21-16(23)20-8-2-3-14(20)9-18-21/h2-9,11H,10H2,1H3,(H,19,22)/t11-/m0/s1. The number of amides is 1. The molecular weight excluding hydrogens is 299 g/mol. The molecule has 0 spiro atoms. The lowest BCUT2D eigenvalue weighted by Gasteiger charge is -2.14. The van der Waals surface area contributed by atoms with Gasteiger partial charge in [0.1, 0.15) is 12.4 Å². The van der Waals surface area contributed by atoms with Crippen molar-refractivity contribution in [1.82, 2.24) is 19.5 Å². The van der Waals surface area contributed by atoms with Crippen LogP contribution in [0.1, 0.15) is 18.5 Å². The summed E-state index contributed by atoms with van der Waals surface area (Å²) in [5, 5.41) is 6.75. The Bertz CT molecular complexity index is 898. The molecule has 6 nitrogen and oxygen atoms in total. The van der Waals surface area contributed by atoms with Crippen molar-refractivity contribution >= 4 is 11.4 Å². The second-order valence-corrected chi connectivity index (χ2v) is 5.23. The first-order chi connectivity index (χ1) is 11.0. The minimum atomic E-state index is -0.378. The summed E-state index contributed by atoms with van der Waals surface area (Å²) in [5.74, 6) is -0.675. The number of hydrogen-bond acceptors (Lipinski definition) is 3. The maximum atomic E-state index is 12.9. The summed E-state index contributed by atoms with van der Waals surface area (Å²) in [5.41, 5.74) is 1.07. The van der Waals surface area contributed by atoms with Crippen LogP contribution in [0.2, 0.25) is 0 Å². The smallest absolute Gasteiger partial charge is 0.348 e. The van der Waals surface area contributed by atoms with Gasteiger partial charge in [0, 0.05) is 6.20 Å². The predicted octanol–water partition coefficient (Wildman–Crippen LogP) is 1.51. The fraction of sp³-hybridized carbons (Fsp3) is 0.188. The maximum absolute atomic E-state index is 12.9. The van der Waals surface area contributed by atoms with Crippen molar-refractivity contribution in [3.05, 3.63) is 70.7 Å². The lowest BCUT2D eigenvalue weighted by Crippen LogP contribution is -2.36. The maximum Gasteiger partial charge on any atom is 0.349 e. The average Bonchev–Trinajstić information content (AvgIpc) is 3.00. The number of hydrogen-bond donors (Lipinski definition) is 1. The highest BCUT2D eigenvalue weighted by Gasteiger charge is 2.12. The molecule has 2 heterocycles. The molecule has 0 radical (unpaired) electrons. The highest BCUT2D eigenvalue weighted by molar-refractivity contribution is 5.76. The van der Waals surface area contributed by atoms with Crippen molar-refractivity contribution < 1.29 is 9.18 Å². The van der Waals surface area contributed by atoms with E-state index in [0.29, 0.717) is 5.52 Å². The van der Waals surface area contributed by atoms with E-state index in [4.69, 9.17) is 0 Å². The van der Waals surface area contributed by atoms with E-state index in [1.807, 2.05) is 0 Å². The van der Waals surface area contributed by atoms with E-state index < -0.39 is 0 Å². The van der Waals surface area contributed by atoms with Crippen LogP contribution >= 0.6 is 0 Å². The number of halogens is 1. The zero-order chi connectivity index (χ0) is 16.4. The molecule has 0 fully saturated rings. The largest absolute Gasteiger partial charge is 0.349 e. The minimum absolute atomic E-state index is 0.182. The Labute approximate surface area is 131 Å². The molecule has 0 saturated carbocycles. The molecule has 1 aromatic carbocycles. The number of aromatic nitrogens is 3. The minimum Gasteiger partial charge on any atom is -0.348 e. The molecule has 0 unspecified atom stereocenters. The molecule has 0 aliphatic heterocycles. The second-order valence-electron chi connectivity index (χ2n) is 5.23. The van der Waals surface area contributed by atoms with Gasteiger partial charge in [-0.1, -0.05) is 12.1 Å². The second kappa shape index (κ2) is 6.04. The third kappa shape index (κ3) is 3.13. The summed E-state index contributed by atoms with van der Waals surface area (Å²) >= 11 is 0. The number of nitrogens with one attached hydrogen (secondary N) is 1. The first-order valence-corrected chi connectivity index (χ1v) is 7.12. The zero-order valence-electron chi connectivity index (χ0n) is 12.4. The molecule has 0 bridgehead atoms. The molecule has 0 aliphatic rings. The monoisotopic (exact) mass is 314 g/mol. The summed E-state index contributed by atoms with van der Waals surface area (Å²) in [6.45, 7) is 1.61. The molecule has 0 aliphatic carbocycles. The molecule has 3 rings (SSSR count). The Kier molecular flexibility index (Phi) is 3.92. The highest BCUT2D eigenvalue weighted by Crippen LogP contribution is 2.12. The molecule has 1 N–H and O–H groups in total. The van der Waals surface area contributed by atoms with Gasteiger partial charge in [0.05, 0.1) is 17.8 Å². The van der Waals surface area contributed by atoms with Crippen LogP contribution in [-0.2, 0) is 11.3 Å². The predicted molar refractivity (Wildman–Crippen MR) is 82.4 cm³/mol. The number of benzene rings is 1. The van der Waals surface area contributed by atoms with Gasteiger partial charge in [-0.15, -0.1) is 0 Å². The average molecular weight is 314 g/mol. The fourth-order valence-corrected chi connectivity index (χ4v) is 2.34. The normalized spacial score (nSPS) is 12.3. The van der Waals surface area contributed by atoms with Crippen LogP contribution in [0, 0.1) is 5.82 Å². The summed E-state index contributed by atoms with van der Waals surface area (Å²) < 4.78 is 15.4. The summed E-state index contributed by atoms with van der Waals surface area (Å²) in [6.07, 6.45) is 3.15. The van der Waals surface area contributed by atoms with Gasteiger partial charge < -0.3 is 5.32 Å². The van der Waals surface area contributed by atoms with Crippen LogP contribution in [0.15, 0.2) is 53.6 Å². The van der Waals surface area contributed by atoms with Gasteiger partial charge in [-0.25, -0.2) is 13.9 Å². The van der Waals surface area contributed by atoms with E-state index in [1.165, 1.54) is 22.7 Å². The van der Waals surface area contributed by atoms with E-state index in [-0.39, 0.29) is 30.0 Å². The molecule has 1 amide bonds. The van der Waals surface area contributed by atoms with Crippen LogP contribution < -0.4 is 11.0 Å². The Morgan fingerprint density at radius 1 is 1.30 bits per heavy atom. The Morgan fingerprint density at radius 3 is 2.78 bits per heavy atom. The van der Waals surface area contributed by atoms with Crippen molar-refractivity contribution in [1.29, 1.82) is 0 Å². The molecule has 118 valence electrons. The zero-order valence-corrected chi connectivity index (χ0v) is 12.4. The summed E-state index contributed by atoms with van der Waals surface area (Å²) in [7, 11) is 0. The number of nitrogens with zero attached hydrogens (tertiary/aromatic N) is 3. The Hall–Kier alpha value is -2.96. The Balaban J connectivity index is 1.72. The molecular formula is C16H15FN4O2. The van der Waals surface area contributed by atoms with Crippen molar-refractivity contribution in [3.63, 3.8) is 0 Å². The first-order valence-electron chi connectivity index (χ1n) is 7.12. The third-order valence-corrected chi connectivity index (χ3v) is 3.58. The van der Waals surface area contributed by atoms with Crippen molar-refractivity contribution in [3.8, 4) is 0 Å². The van der Waals surface area contributed by atoms with E-state index in [9.17, 15) is 14.0 Å². The number of fused-ring (bicyclic) bond motifs is 1. The molecule has 3 aromatic rings. The third-order valence-electron chi connectivity index (χ3n) is 3.58. The van der Waals surface area contributed by atoms with E-state index in [0.717, 1.165) is 10.2 Å². The van der Waals surface area contributed by atoms with Crippen LogP contribution in [0.4, 0.5) is 4.39 Å². The van der Waals surface area contributed by atoms with Crippen molar-refractivity contribution in [2.45, 2.75) is 19.5 Å². The van der Waals surface area contributed by atoms with Gasteiger partial charge in [-0.05, 0) is 36.8 Å². The van der Waals surface area contributed by atoms with E-state index in [1.54, 1.807) is 37.4 Å². The van der Waals surface area contributed by atoms with Gasteiger partial charge >= 0.3 is 5.69 Å². The topological polar surface area (TPSA) is 68.4 Å². The van der Waals surface area contributed by atoms with Crippen LogP contribution in [0.5, 0.6) is 0 Å². The van der Waals surface area contributed by atoms with E-state index in [2.05, 4.69) is 10.4 Å². The van der Waals surface area contributed by atoms with Gasteiger partial charge in [0.2, 0.25) is 5.91 Å². The van der Waals surface area contributed by atoms with Gasteiger partial charge in [-0.2, -0.15) is 5.10 Å². The summed E-state index contributed by atoms with van der Waals surface area (Å²) in [6, 6.07) is 9.09. The number of carbonyl (C=O) groups is 1. The van der Waals surface area contributed by atoms with Gasteiger partial charge in [0.15, 0.2) is 0 Å². The van der Waals surface area contributed by atoms with Crippen LogP contribution in [0.25, 0.3) is 5.52 Å². The quantitative estimate of drug-likeness (QED) is 0.794. The SMILES string of the molecule is C[C@H](NC(=O)Cn1ncc2cccn2c1=O)c1ccc(F)cc1.